The molecule has 0 bridgehead atoms. The SMILES string of the molecule is O=C(CCCn1c(=O)oc2ccccc21)OCc1ccccn1. The number of carbonyl (C=O) groups excluding carboxylic acids is 1. The third kappa shape index (κ3) is 3.66. The summed E-state index contributed by atoms with van der Waals surface area (Å²) in [6, 6.07) is 12.7. The topological polar surface area (TPSA) is 74.3 Å². The lowest BCUT2D eigenvalue weighted by Gasteiger charge is -2.05. The van der Waals surface area contributed by atoms with Crippen LogP contribution < -0.4 is 5.76 Å². The Morgan fingerprint density at radius 2 is 2.00 bits per heavy atom. The van der Waals surface area contributed by atoms with E-state index in [9.17, 15) is 9.59 Å². The number of ether oxygens (including phenoxy) is 1. The molecule has 2 heterocycles. The fourth-order valence-electron chi connectivity index (χ4n) is 2.32. The number of benzene rings is 1. The third-order valence-corrected chi connectivity index (χ3v) is 3.44. The molecule has 0 saturated carbocycles. The van der Waals surface area contributed by atoms with E-state index in [0.29, 0.717) is 24.2 Å². The predicted octanol–water partition coefficient (Wildman–Crippen LogP) is 2.51. The van der Waals surface area contributed by atoms with E-state index >= 15 is 0 Å². The van der Waals surface area contributed by atoms with Crippen molar-refractivity contribution < 1.29 is 13.9 Å². The quantitative estimate of drug-likeness (QED) is 0.654. The summed E-state index contributed by atoms with van der Waals surface area (Å²) in [5, 5.41) is 0. The molecule has 1 aromatic carbocycles. The number of aromatic nitrogens is 2. The number of aryl methyl sites for hydroxylation is 1. The van der Waals surface area contributed by atoms with Crippen LogP contribution in [0.4, 0.5) is 0 Å². The summed E-state index contributed by atoms with van der Waals surface area (Å²) < 4.78 is 11.8. The lowest BCUT2D eigenvalue weighted by atomic mass is 10.3. The molecule has 3 rings (SSSR count). The summed E-state index contributed by atoms with van der Waals surface area (Å²) in [6.07, 6.45) is 2.39. The van der Waals surface area contributed by atoms with Crippen molar-refractivity contribution in [2.45, 2.75) is 26.0 Å². The van der Waals surface area contributed by atoms with Gasteiger partial charge in [-0.25, -0.2) is 4.79 Å². The lowest BCUT2D eigenvalue weighted by Crippen LogP contribution is -2.15. The van der Waals surface area contributed by atoms with E-state index in [-0.39, 0.29) is 19.0 Å². The molecule has 0 spiro atoms. The van der Waals surface area contributed by atoms with Crippen molar-refractivity contribution in [3.05, 3.63) is 64.9 Å². The van der Waals surface area contributed by atoms with Crippen LogP contribution >= 0.6 is 0 Å². The molecule has 0 radical (unpaired) electrons. The Bertz CT molecular complexity index is 852. The van der Waals surface area contributed by atoms with Crippen LogP contribution in [0.25, 0.3) is 11.1 Å². The average molecular weight is 312 g/mol. The molecule has 0 aliphatic heterocycles. The van der Waals surface area contributed by atoms with Crippen LogP contribution in [0.3, 0.4) is 0 Å². The van der Waals surface area contributed by atoms with Crippen molar-refractivity contribution in [3.8, 4) is 0 Å². The minimum absolute atomic E-state index is 0.161. The number of hydrogen-bond acceptors (Lipinski definition) is 5. The molecule has 0 atom stereocenters. The number of hydrogen-bond donors (Lipinski definition) is 0. The highest BCUT2D eigenvalue weighted by Gasteiger charge is 2.09. The van der Waals surface area contributed by atoms with Gasteiger partial charge in [0.2, 0.25) is 0 Å². The van der Waals surface area contributed by atoms with Crippen molar-refractivity contribution in [1.29, 1.82) is 0 Å². The minimum atomic E-state index is -0.409. The molecular weight excluding hydrogens is 296 g/mol. The van der Waals surface area contributed by atoms with Crippen LogP contribution in [0.5, 0.6) is 0 Å². The van der Waals surface area contributed by atoms with Gasteiger partial charge in [-0.2, -0.15) is 0 Å². The van der Waals surface area contributed by atoms with Crippen molar-refractivity contribution in [3.63, 3.8) is 0 Å². The second-order valence-electron chi connectivity index (χ2n) is 5.07. The Morgan fingerprint density at radius 3 is 2.83 bits per heavy atom. The number of esters is 1. The first-order valence-electron chi connectivity index (χ1n) is 7.38. The van der Waals surface area contributed by atoms with Crippen molar-refractivity contribution in [2.24, 2.45) is 0 Å². The third-order valence-electron chi connectivity index (χ3n) is 3.44. The molecular formula is C17H16N2O4. The van der Waals surface area contributed by atoms with Gasteiger partial charge in [0.1, 0.15) is 6.61 Å². The molecule has 118 valence electrons. The van der Waals surface area contributed by atoms with Gasteiger partial charge in [0.05, 0.1) is 11.2 Å². The number of rotatable bonds is 6. The zero-order chi connectivity index (χ0) is 16.1. The van der Waals surface area contributed by atoms with Crippen LogP contribution in [0.1, 0.15) is 18.5 Å². The first-order valence-corrected chi connectivity index (χ1v) is 7.38. The van der Waals surface area contributed by atoms with Gasteiger partial charge in [0.25, 0.3) is 0 Å². The van der Waals surface area contributed by atoms with E-state index in [4.69, 9.17) is 9.15 Å². The summed E-state index contributed by atoms with van der Waals surface area (Å²) >= 11 is 0. The maximum atomic E-state index is 11.8. The summed E-state index contributed by atoms with van der Waals surface area (Å²) in [5.41, 5.74) is 1.99. The Balaban J connectivity index is 1.51. The molecule has 0 aliphatic carbocycles. The van der Waals surface area contributed by atoms with Gasteiger partial charge in [0.15, 0.2) is 5.58 Å². The lowest BCUT2D eigenvalue weighted by molar-refractivity contribution is -0.145. The van der Waals surface area contributed by atoms with Gasteiger partial charge in [-0.1, -0.05) is 18.2 Å². The molecule has 0 aliphatic rings. The molecule has 0 fully saturated rings. The molecule has 0 saturated heterocycles. The molecule has 0 N–H and O–H groups in total. The Kier molecular flexibility index (Phi) is 4.52. The van der Waals surface area contributed by atoms with E-state index in [1.165, 1.54) is 4.57 Å². The summed E-state index contributed by atoms with van der Waals surface area (Å²) in [5.74, 6) is -0.718. The van der Waals surface area contributed by atoms with Crippen LogP contribution in [0.15, 0.2) is 57.9 Å². The zero-order valence-corrected chi connectivity index (χ0v) is 12.5. The van der Waals surface area contributed by atoms with Gasteiger partial charge >= 0.3 is 11.7 Å². The maximum Gasteiger partial charge on any atom is 0.419 e. The minimum Gasteiger partial charge on any atom is -0.459 e. The molecule has 3 aromatic rings. The number of oxazole rings is 1. The van der Waals surface area contributed by atoms with Gasteiger partial charge in [-0.05, 0) is 30.7 Å². The summed E-state index contributed by atoms with van der Waals surface area (Å²) in [4.78, 5) is 27.6. The first-order chi connectivity index (χ1) is 11.2. The molecule has 23 heavy (non-hydrogen) atoms. The number of pyridine rings is 1. The van der Waals surface area contributed by atoms with Crippen LogP contribution in [-0.2, 0) is 22.7 Å². The van der Waals surface area contributed by atoms with Crippen molar-refractivity contribution >= 4 is 17.1 Å². The van der Waals surface area contributed by atoms with Gasteiger partial charge in [-0.15, -0.1) is 0 Å². The highest BCUT2D eigenvalue weighted by molar-refractivity contribution is 5.72. The fraction of sp³-hybridized carbons (Fsp3) is 0.235. The van der Waals surface area contributed by atoms with Crippen molar-refractivity contribution in [1.82, 2.24) is 9.55 Å². The fourth-order valence-corrected chi connectivity index (χ4v) is 2.32. The Hall–Kier alpha value is -2.89. The van der Waals surface area contributed by atoms with E-state index in [1.807, 2.05) is 24.3 Å². The molecule has 0 amide bonds. The molecule has 2 aromatic heterocycles. The molecule has 6 nitrogen and oxygen atoms in total. The van der Waals surface area contributed by atoms with Crippen molar-refractivity contribution in [2.75, 3.05) is 0 Å². The van der Waals surface area contributed by atoms with Gasteiger partial charge in [-0.3, -0.25) is 14.3 Å². The van der Waals surface area contributed by atoms with Gasteiger partial charge in [0, 0.05) is 19.2 Å². The Labute approximate surface area is 132 Å². The van der Waals surface area contributed by atoms with Crippen LogP contribution in [0, 0.1) is 0 Å². The second kappa shape index (κ2) is 6.91. The highest BCUT2D eigenvalue weighted by Crippen LogP contribution is 2.12. The van der Waals surface area contributed by atoms with E-state index < -0.39 is 5.76 Å². The predicted molar refractivity (Wildman–Crippen MR) is 83.7 cm³/mol. The average Bonchev–Trinajstić information content (AvgIpc) is 2.90. The standard InChI is InChI=1S/C17H16N2O4/c20-16(22-12-13-6-3-4-10-18-13)9-5-11-19-14-7-1-2-8-15(14)23-17(19)21/h1-4,6-8,10H,5,9,11-12H2. The van der Waals surface area contributed by atoms with Crippen LogP contribution in [0.2, 0.25) is 0 Å². The summed E-state index contributed by atoms with van der Waals surface area (Å²) in [6.45, 7) is 0.572. The number of para-hydroxylation sites is 2. The van der Waals surface area contributed by atoms with E-state index in [0.717, 1.165) is 5.52 Å². The molecule has 0 unspecified atom stereocenters. The maximum absolute atomic E-state index is 11.8. The smallest absolute Gasteiger partial charge is 0.419 e. The normalized spacial score (nSPS) is 10.8. The number of nitrogens with zero attached hydrogens (tertiary/aromatic N) is 2. The highest BCUT2D eigenvalue weighted by atomic mass is 16.5. The first kappa shape index (κ1) is 15.0. The Morgan fingerprint density at radius 1 is 1.17 bits per heavy atom. The second-order valence-corrected chi connectivity index (χ2v) is 5.07. The zero-order valence-electron chi connectivity index (χ0n) is 12.5. The van der Waals surface area contributed by atoms with E-state index in [2.05, 4.69) is 4.98 Å². The van der Waals surface area contributed by atoms with Crippen LogP contribution in [-0.4, -0.2) is 15.5 Å². The number of carbonyl (C=O) groups is 1. The van der Waals surface area contributed by atoms with E-state index in [1.54, 1.807) is 24.4 Å². The molecule has 6 heteroatoms. The van der Waals surface area contributed by atoms with Gasteiger partial charge < -0.3 is 9.15 Å². The monoisotopic (exact) mass is 312 g/mol. The summed E-state index contributed by atoms with van der Waals surface area (Å²) in [7, 11) is 0. The number of fused-ring (bicyclic) bond motifs is 1. The largest absolute Gasteiger partial charge is 0.459 e.